The van der Waals surface area contributed by atoms with Gasteiger partial charge in [0, 0.05) is 6.08 Å². The SMILES string of the molecule is O=C1C=C2C=Nc3cncnc3N2C1. The van der Waals surface area contributed by atoms with Gasteiger partial charge in [0.15, 0.2) is 11.6 Å². The lowest BCUT2D eigenvalue weighted by molar-refractivity contribution is -0.112. The highest BCUT2D eigenvalue weighted by atomic mass is 16.1. The number of fused-ring (bicyclic) bond motifs is 3. The van der Waals surface area contributed by atoms with Gasteiger partial charge in [-0.15, -0.1) is 0 Å². The van der Waals surface area contributed by atoms with Crippen LogP contribution in [0.1, 0.15) is 0 Å². The number of aliphatic imine (C=N–C) groups is 1. The Hall–Kier alpha value is -2.04. The van der Waals surface area contributed by atoms with Crippen LogP contribution in [-0.4, -0.2) is 28.5 Å². The standard InChI is InChI=1S/C9H6N4O/c14-7-1-6-2-11-8-3-10-5-12-9(8)13(6)4-7/h1-3,5H,4H2. The van der Waals surface area contributed by atoms with Gasteiger partial charge in [0.2, 0.25) is 0 Å². The summed E-state index contributed by atoms with van der Waals surface area (Å²) in [5.41, 5.74) is 1.51. The number of allylic oxidation sites excluding steroid dienone is 1. The Balaban J connectivity index is 2.19. The summed E-state index contributed by atoms with van der Waals surface area (Å²) in [4.78, 5) is 25.2. The van der Waals surface area contributed by atoms with Crippen molar-refractivity contribution in [2.75, 3.05) is 11.4 Å². The van der Waals surface area contributed by atoms with Crippen LogP contribution < -0.4 is 4.90 Å². The minimum atomic E-state index is 0.0814. The second-order valence-corrected chi connectivity index (χ2v) is 3.11. The number of carbonyl (C=O) groups is 1. The fourth-order valence-electron chi connectivity index (χ4n) is 1.59. The molecule has 0 amide bonds. The van der Waals surface area contributed by atoms with Gasteiger partial charge in [-0.3, -0.25) is 4.79 Å². The molecule has 0 bridgehead atoms. The van der Waals surface area contributed by atoms with Gasteiger partial charge in [-0.2, -0.15) is 0 Å². The molecule has 0 unspecified atom stereocenters. The normalized spacial score (nSPS) is 17.9. The number of hydrogen-bond acceptors (Lipinski definition) is 5. The molecule has 2 aliphatic heterocycles. The van der Waals surface area contributed by atoms with Crippen molar-refractivity contribution in [1.82, 2.24) is 9.97 Å². The quantitative estimate of drug-likeness (QED) is 0.590. The fraction of sp³-hybridized carbons (Fsp3) is 0.111. The summed E-state index contributed by atoms with van der Waals surface area (Å²) in [5.74, 6) is 0.789. The highest BCUT2D eigenvalue weighted by Crippen LogP contribution is 2.32. The van der Waals surface area contributed by atoms with Crippen LogP contribution in [0.3, 0.4) is 0 Å². The van der Waals surface area contributed by atoms with E-state index in [-0.39, 0.29) is 5.78 Å². The van der Waals surface area contributed by atoms with E-state index in [2.05, 4.69) is 15.0 Å². The Morgan fingerprint density at radius 1 is 1.43 bits per heavy atom. The number of hydrogen-bond donors (Lipinski definition) is 0. The van der Waals surface area contributed by atoms with E-state index >= 15 is 0 Å². The second-order valence-electron chi connectivity index (χ2n) is 3.11. The lowest BCUT2D eigenvalue weighted by Crippen LogP contribution is -2.24. The van der Waals surface area contributed by atoms with Crippen molar-refractivity contribution < 1.29 is 4.79 Å². The van der Waals surface area contributed by atoms with Crippen molar-refractivity contribution in [3.05, 3.63) is 24.3 Å². The van der Waals surface area contributed by atoms with Crippen LogP contribution in [-0.2, 0) is 4.79 Å². The number of aromatic nitrogens is 2. The molecule has 0 spiro atoms. The van der Waals surface area contributed by atoms with E-state index in [9.17, 15) is 4.79 Å². The Bertz CT molecular complexity index is 477. The summed E-state index contributed by atoms with van der Waals surface area (Å²) in [6, 6.07) is 0. The van der Waals surface area contributed by atoms with Crippen molar-refractivity contribution >= 4 is 23.5 Å². The maximum absolute atomic E-state index is 11.2. The van der Waals surface area contributed by atoms with Crippen molar-refractivity contribution in [2.24, 2.45) is 4.99 Å². The average Bonchev–Trinajstić information content (AvgIpc) is 2.59. The first-order valence-electron chi connectivity index (χ1n) is 4.21. The number of nitrogens with zero attached hydrogens (tertiary/aromatic N) is 4. The molecule has 3 heterocycles. The highest BCUT2D eigenvalue weighted by molar-refractivity contribution is 6.08. The molecule has 2 aliphatic rings. The fourth-order valence-corrected chi connectivity index (χ4v) is 1.59. The van der Waals surface area contributed by atoms with E-state index in [1.165, 1.54) is 6.33 Å². The zero-order valence-electron chi connectivity index (χ0n) is 7.21. The first-order chi connectivity index (χ1) is 6.84. The van der Waals surface area contributed by atoms with Gasteiger partial charge in [-0.05, 0) is 0 Å². The Kier molecular flexibility index (Phi) is 1.30. The summed E-state index contributed by atoms with van der Waals surface area (Å²) in [6.45, 7) is 0.353. The molecule has 0 aliphatic carbocycles. The number of ketones is 1. The van der Waals surface area contributed by atoms with Crippen LogP contribution in [0.15, 0.2) is 29.3 Å². The highest BCUT2D eigenvalue weighted by Gasteiger charge is 2.26. The molecule has 0 saturated heterocycles. The molecule has 1 aromatic heterocycles. The van der Waals surface area contributed by atoms with E-state index in [1.54, 1.807) is 18.5 Å². The monoisotopic (exact) mass is 186 g/mol. The molecule has 68 valence electrons. The summed E-state index contributed by atoms with van der Waals surface area (Å²) in [6.07, 6.45) is 6.34. The number of carbonyl (C=O) groups excluding carboxylic acids is 1. The number of anilines is 1. The van der Waals surface area contributed by atoms with Gasteiger partial charge in [-0.1, -0.05) is 0 Å². The topological polar surface area (TPSA) is 58.5 Å². The molecule has 5 nitrogen and oxygen atoms in total. The predicted octanol–water partition coefficient (Wildman–Crippen LogP) is 0.465. The van der Waals surface area contributed by atoms with Gasteiger partial charge in [-0.25, -0.2) is 15.0 Å². The molecule has 0 aromatic carbocycles. The first kappa shape index (κ1) is 7.37. The Morgan fingerprint density at radius 3 is 3.29 bits per heavy atom. The van der Waals surface area contributed by atoms with Gasteiger partial charge >= 0.3 is 0 Å². The van der Waals surface area contributed by atoms with Crippen LogP contribution in [0.4, 0.5) is 11.5 Å². The average molecular weight is 186 g/mol. The molecule has 0 N–H and O–H groups in total. The maximum atomic E-state index is 11.2. The lowest BCUT2D eigenvalue weighted by Gasteiger charge is -2.22. The van der Waals surface area contributed by atoms with E-state index < -0.39 is 0 Å². The molecule has 3 rings (SSSR count). The van der Waals surface area contributed by atoms with Crippen molar-refractivity contribution in [3.8, 4) is 0 Å². The predicted molar refractivity (Wildman–Crippen MR) is 50.6 cm³/mol. The smallest absolute Gasteiger partial charge is 0.177 e. The molecule has 0 atom stereocenters. The minimum absolute atomic E-state index is 0.0814. The lowest BCUT2D eigenvalue weighted by atomic mass is 10.3. The summed E-state index contributed by atoms with van der Waals surface area (Å²) in [5, 5.41) is 0. The van der Waals surface area contributed by atoms with E-state index in [0.29, 0.717) is 18.1 Å². The first-order valence-corrected chi connectivity index (χ1v) is 4.21. The molecule has 0 radical (unpaired) electrons. The van der Waals surface area contributed by atoms with E-state index in [4.69, 9.17) is 0 Å². The molecule has 1 aromatic rings. The van der Waals surface area contributed by atoms with Gasteiger partial charge in [0.25, 0.3) is 0 Å². The molecule has 0 saturated carbocycles. The third-order valence-corrected chi connectivity index (χ3v) is 2.20. The molecule has 5 heteroatoms. The maximum Gasteiger partial charge on any atom is 0.177 e. The molecule has 14 heavy (non-hydrogen) atoms. The zero-order chi connectivity index (χ0) is 9.54. The van der Waals surface area contributed by atoms with Crippen LogP contribution in [0, 0.1) is 0 Å². The largest absolute Gasteiger partial charge is 0.315 e. The van der Waals surface area contributed by atoms with Crippen LogP contribution in [0.2, 0.25) is 0 Å². The van der Waals surface area contributed by atoms with Crippen molar-refractivity contribution in [2.45, 2.75) is 0 Å². The van der Waals surface area contributed by atoms with Crippen molar-refractivity contribution in [3.63, 3.8) is 0 Å². The van der Waals surface area contributed by atoms with Crippen LogP contribution >= 0.6 is 0 Å². The third kappa shape index (κ3) is 0.891. The molecule has 0 fully saturated rings. The van der Waals surface area contributed by atoms with Gasteiger partial charge in [0.05, 0.1) is 24.7 Å². The number of rotatable bonds is 0. The summed E-state index contributed by atoms with van der Waals surface area (Å²) < 4.78 is 0. The minimum Gasteiger partial charge on any atom is -0.315 e. The Morgan fingerprint density at radius 2 is 2.36 bits per heavy atom. The second kappa shape index (κ2) is 2.47. The van der Waals surface area contributed by atoms with Crippen molar-refractivity contribution in [1.29, 1.82) is 0 Å². The van der Waals surface area contributed by atoms with E-state index in [1.807, 2.05) is 4.90 Å². The third-order valence-electron chi connectivity index (χ3n) is 2.20. The molecular weight excluding hydrogens is 180 g/mol. The summed E-state index contributed by atoms with van der Waals surface area (Å²) >= 11 is 0. The summed E-state index contributed by atoms with van der Waals surface area (Å²) in [7, 11) is 0. The van der Waals surface area contributed by atoms with Crippen LogP contribution in [0.5, 0.6) is 0 Å². The van der Waals surface area contributed by atoms with Gasteiger partial charge < -0.3 is 4.90 Å². The van der Waals surface area contributed by atoms with Gasteiger partial charge in [0.1, 0.15) is 12.0 Å². The molecular formula is C9H6N4O. The van der Waals surface area contributed by atoms with Crippen LogP contribution in [0.25, 0.3) is 0 Å². The van der Waals surface area contributed by atoms with E-state index in [0.717, 1.165) is 5.70 Å². The zero-order valence-corrected chi connectivity index (χ0v) is 7.21. The Labute approximate surface area is 79.8 Å².